The first-order valence-corrected chi connectivity index (χ1v) is 9.43. The average molecular weight is 349 g/mol. The summed E-state index contributed by atoms with van der Waals surface area (Å²) in [7, 11) is 1.85. The third-order valence-electron chi connectivity index (χ3n) is 5.73. The molecule has 3 aromatic rings. The molecule has 5 rings (SSSR count). The molecule has 6 nitrogen and oxygen atoms in total. The minimum Gasteiger partial charge on any atom is -0.330 e. The number of likely N-dealkylation sites (tertiary alicyclic amines) is 1. The Balaban J connectivity index is 1.51. The molecule has 2 fully saturated rings. The molecule has 3 heterocycles. The van der Waals surface area contributed by atoms with Crippen LogP contribution in [0.4, 0.5) is 0 Å². The van der Waals surface area contributed by atoms with E-state index in [2.05, 4.69) is 14.5 Å². The zero-order valence-corrected chi connectivity index (χ0v) is 15.0. The topological polar surface area (TPSA) is 56.0 Å². The number of aromatic nitrogens is 4. The summed E-state index contributed by atoms with van der Waals surface area (Å²) in [6, 6.07) is 8.44. The molecule has 0 radical (unpaired) electrons. The zero-order chi connectivity index (χ0) is 17.7. The van der Waals surface area contributed by atoms with Gasteiger partial charge >= 0.3 is 0 Å². The number of benzene rings is 1. The van der Waals surface area contributed by atoms with E-state index in [4.69, 9.17) is 4.98 Å². The molecule has 1 saturated carbocycles. The van der Waals surface area contributed by atoms with Gasteiger partial charge in [0, 0.05) is 25.8 Å². The van der Waals surface area contributed by atoms with Crippen LogP contribution in [0.3, 0.4) is 0 Å². The fraction of sp³-hybridized carbons (Fsp3) is 0.450. The second-order valence-electron chi connectivity index (χ2n) is 7.50. The quantitative estimate of drug-likeness (QED) is 0.727. The summed E-state index contributed by atoms with van der Waals surface area (Å²) < 4.78 is 4.06. The summed E-state index contributed by atoms with van der Waals surface area (Å²) in [6.07, 6.45) is 8.63. The van der Waals surface area contributed by atoms with Crippen LogP contribution in [-0.2, 0) is 13.6 Å². The van der Waals surface area contributed by atoms with Crippen molar-refractivity contribution in [2.45, 2.75) is 44.3 Å². The Hall–Kier alpha value is -2.47. The lowest BCUT2D eigenvalue weighted by atomic mass is 10.1. The van der Waals surface area contributed by atoms with Crippen LogP contribution >= 0.6 is 0 Å². The van der Waals surface area contributed by atoms with Crippen molar-refractivity contribution >= 4 is 10.9 Å². The molecule has 6 heteroatoms. The highest BCUT2D eigenvalue weighted by atomic mass is 16.1. The zero-order valence-electron chi connectivity index (χ0n) is 15.0. The van der Waals surface area contributed by atoms with Gasteiger partial charge in [-0.25, -0.2) is 9.97 Å². The first-order chi connectivity index (χ1) is 12.7. The summed E-state index contributed by atoms with van der Waals surface area (Å²) in [6.45, 7) is 1.90. The van der Waals surface area contributed by atoms with Crippen LogP contribution in [0.15, 0.2) is 41.6 Å². The molecule has 1 unspecified atom stereocenters. The minimum atomic E-state index is 0.0421. The number of para-hydroxylation sites is 1. The Morgan fingerprint density at radius 1 is 1.19 bits per heavy atom. The number of hydrogen-bond donors (Lipinski definition) is 0. The predicted octanol–water partition coefficient (Wildman–Crippen LogP) is 2.80. The number of hydrogen-bond acceptors (Lipinski definition) is 4. The molecule has 0 spiro atoms. The standard InChI is InChI=1S/C20H23N5O/c1-23-19(22-17-6-3-2-5-16(17)20(23)26)18-7-4-10-24(18)12-15-11-21-13-25(15)14-8-9-14/h2-3,5-6,11,13-14,18H,4,7-10,12H2,1H3. The number of fused-ring (bicyclic) bond motifs is 1. The normalized spacial score (nSPS) is 20.9. The molecule has 2 aromatic heterocycles. The molecule has 0 amide bonds. The van der Waals surface area contributed by atoms with Gasteiger partial charge in [-0.1, -0.05) is 12.1 Å². The lowest BCUT2D eigenvalue weighted by Crippen LogP contribution is -2.31. The van der Waals surface area contributed by atoms with Gasteiger partial charge in [-0.3, -0.25) is 14.3 Å². The van der Waals surface area contributed by atoms with Gasteiger partial charge in [-0.15, -0.1) is 0 Å². The molecule has 0 bridgehead atoms. The Labute approximate surface area is 152 Å². The molecule has 0 N–H and O–H groups in total. The minimum absolute atomic E-state index is 0.0421. The molecule has 134 valence electrons. The van der Waals surface area contributed by atoms with E-state index in [1.54, 1.807) is 4.57 Å². The number of imidazole rings is 1. The number of rotatable bonds is 4. The molecule has 1 aromatic carbocycles. The van der Waals surface area contributed by atoms with Crippen molar-refractivity contribution in [3.63, 3.8) is 0 Å². The van der Waals surface area contributed by atoms with Gasteiger partial charge < -0.3 is 4.57 Å². The maximum atomic E-state index is 12.8. The van der Waals surface area contributed by atoms with Gasteiger partial charge in [-0.2, -0.15) is 0 Å². The summed E-state index contributed by atoms with van der Waals surface area (Å²) >= 11 is 0. The van der Waals surface area contributed by atoms with Crippen LogP contribution in [0.5, 0.6) is 0 Å². The van der Waals surface area contributed by atoms with Crippen LogP contribution in [0.25, 0.3) is 10.9 Å². The first kappa shape index (κ1) is 15.8. The van der Waals surface area contributed by atoms with E-state index < -0.39 is 0 Å². The lowest BCUT2D eigenvalue weighted by molar-refractivity contribution is 0.229. The molecule has 1 aliphatic carbocycles. The van der Waals surface area contributed by atoms with E-state index in [1.807, 2.05) is 43.8 Å². The van der Waals surface area contributed by atoms with Gasteiger partial charge in [0.05, 0.1) is 29.0 Å². The van der Waals surface area contributed by atoms with E-state index in [0.717, 1.165) is 37.3 Å². The molecule has 1 saturated heterocycles. The van der Waals surface area contributed by atoms with E-state index in [-0.39, 0.29) is 11.6 Å². The molecule has 1 atom stereocenters. The Morgan fingerprint density at radius 3 is 2.88 bits per heavy atom. The monoisotopic (exact) mass is 349 g/mol. The molecular formula is C20H23N5O. The maximum absolute atomic E-state index is 12.8. The Bertz CT molecular complexity index is 1020. The second kappa shape index (κ2) is 6.06. The highest BCUT2D eigenvalue weighted by molar-refractivity contribution is 5.77. The average Bonchev–Trinajstić information content (AvgIpc) is 3.22. The molecule has 1 aliphatic heterocycles. The summed E-state index contributed by atoms with van der Waals surface area (Å²) in [5.41, 5.74) is 2.10. The largest absolute Gasteiger partial charge is 0.330 e. The highest BCUT2D eigenvalue weighted by Crippen LogP contribution is 2.37. The van der Waals surface area contributed by atoms with Crippen molar-refractivity contribution in [1.29, 1.82) is 0 Å². The van der Waals surface area contributed by atoms with Crippen molar-refractivity contribution in [2.24, 2.45) is 7.05 Å². The smallest absolute Gasteiger partial charge is 0.261 e. The Morgan fingerprint density at radius 2 is 2.04 bits per heavy atom. The van der Waals surface area contributed by atoms with Gasteiger partial charge in [0.25, 0.3) is 5.56 Å². The van der Waals surface area contributed by atoms with E-state index in [9.17, 15) is 4.79 Å². The van der Waals surface area contributed by atoms with Crippen LogP contribution in [0, 0.1) is 0 Å². The predicted molar refractivity (Wildman–Crippen MR) is 99.9 cm³/mol. The van der Waals surface area contributed by atoms with Crippen molar-refractivity contribution in [3.8, 4) is 0 Å². The number of nitrogens with zero attached hydrogens (tertiary/aromatic N) is 5. The fourth-order valence-electron chi connectivity index (χ4n) is 4.19. The third-order valence-corrected chi connectivity index (χ3v) is 5.73. The summed E-state index contributed by atoms with van der Waals surface area (Å²) in [5.74, 6) is 0.878. The van der Waals surface area contributed by atoms with Crippen LogP contribution in [-0.4, -0.2) is 30.5 Å². The van der Waals surface area contributed by atoms with Crippen molar-refractivity contribution in [3.05, 3.63) is 58.7 Å². The van der Waals surface area contributed by atoms with E-state index in [1.165, 1.54) is 18.5 Å². The van der Waals surface area contributed by atoms with Crippen molar-refractivity contribution < 1.29 is 0 Å². The van der Waals surface area contributed by atoms with Gasteiger partial charge in [0.2, 0.25) is 0 Å². The lowest BCUT2D eigenvalue weighted by Gasteiger charge is -2.26. The van der Waals surface area contributed by atoms with E-state index >= 15 is 0 Å². The third kappa shape index (κ3) is 2.56. The molecule has 26 heavy (non-hydrogen) atoms. The first-order valence-electron chi connectivity index (χ1n) is 9.43. The van der Waals surface area contributed by atoms with E-state index in [0.29, 0.717) is 11.4 Å². The van der Waals surface area contributed by atoms with Crippen molar-refractivity contribution in [1.82, 2.24) is 24.0 Å². The summed E-state index contributed by atoms with van der Waals surface area (Å²) in [4.78, 5) is 24.4. The Kier molecular flexibility index (Phi) is 3.67. The van der Waals surface area contributed by atoms with Crippen LogP contribution < -0.4 is 5.56 Å². The second-order valence-corrected chi connectivity index (χ2v) is 7.50. The summed E-state index contributed by atoms with van der Waals surface area (Å²) in [5, 5.41) is 0.690. The SMILES string of the molecule is Cn1c(C2CCCN2Cc2cncn2C2CC2)nc2ccccc2c1=O. The van der Waals surface area contributed by atoms with Gasteiger partial charge in [-0.05, 0) is 44.4 Å². The van der Waals surface area contributed by atoms with Crippen molar-refractivity contribution in [2.75, 3.05) is 6.54 Å². The maximum Gasteiger partial charge on any atom is 0.261 e. The van der Waals surface area contributed by atoms with Gasteiger partial charge in [0.15, 0.2) is 0 Å². The van der Waals surface area contributed by atoms with Gasteiger partial charge in [0.1, 0.15) is 5.82 Å². The van der Waals surface area contributed by atoms with Crippen LogP contribution in [0.2, 0.25) is 0 Å². The fourth-order valence-corrected chi connectivity index (χ4v) is 4.19. The molecule has 2 aliphatic rings. The molecular weight excluding hydrogens is 326 g/mol. The van der Waals surface area contributed by atoms with Crippen LogP contribution in [0.1, 0.15) is 49.3 Å². The highest BCUT2D eigenvalue weighted by Gasteiger charge is 2.32.